The van der Waals surface area contributed by atoms with Crippen LogP contribution in [0.15, 0.2) is 54.9 Å². The monoisotopic (exact) mass is 294 g/mol. The van der Waals surface area contributed by atoms with Crippen molar-refractivity contribution in [2.24, 2.45) is 0 Å². The summed E-state index contributed by atoms with van der Waals surface area (Å²) in [4.78, 5) is 4.07. The average Bonchev–Trinajstić information content (AvgIpc) is 2.55. The summed E-state index contributed by atoms with van der Waals surface area (Å²) in [5.41, 5.74) is 3.85. The summed E-state index contributed by atoms with van der Waals surface area (Å²) in [6.07, 6.45) is 3.60. The highest BCUT2D eigenvalue weighted by atomic mass is 19.1. The van der Waals surface area contributed by atoms with Gasteiger partial charge in [-0.05, 0) is 60.5 Å². The zero-order valence-corrected chi connectivity index (χ0v) is 12.1. The van der Waals surface area contributed by atoms with E-state index in [2.05, 4.69) is 20.5 Å². The van der Waals surface area contributed by atoms with Gasteiger partial charge in [-0.1, -0.05) is 0 Å². The van der Waals surface area contributed by atoms with Crippen LogP contribution in [0.25, 0.3) is 11.3 Å². The summed E-state index contributed by atoms with van der Waals surface area (Å²) in [6, 6.07) is 11.9. The van der Waals surface area contributed by atoms with Crippen molar-refractivity contribution in [2.75, 3.05) is 5.32 Å². The number of aromatic nitrogens is 3. The summed E-state index contributed by atoms with van der Waals surface area (Å²) in [6.45, 7) is 2.69. The third-order valence-corrected chi connectivity index (χ3v) is 3.40. The van der Waals surface area contributed by atoms with Crippen LogP contribution < -0.4 is 5.32 Å². The van der Waals surface area contributed by atoms with Crippen molar-refractivity contribution in [3.05, 3.63) is 71.8 Å². The van der Waals surface area contributed by atoms with E-state index in [-0.39, 0.29) is 5.82 Å². The zero-order valence-electron chi connectivity index (χ0n) is 12.1. The molecule has 0 aliphatic rings. The molecule has 0 aliphatic heterocycles. The smallest absolute Gasteiger partial charge is 0.148 e. The minimum absolute atomic E-state index is 0.261. The number of anilines is 1. The van der Waals surface area contributed by atoms with Gasteiger partial charge in [-0.2, -0.15) is 0 Å². The maximum absolute atomic E-state index is 12.9. The maximum atomic E-state index is 12.9. The molecule has 0 spiro atoms. The quantitative estimate of drug-likeness (QED) is 0.799. The first kappa shape index (κ1) is 14.1. The van der Waals surface area contributed by atoms with Crippen molar-refractivity contribution < 1.29 is 4.39 Å². The number of halogens is 1. The van der Waals surface area contributed by atoms with Gasteiger partial charge in [-0.3, -0.25) is 4.98 Å². The average molecular weight is 294 g/mol. The van der Waals surface area contributed by atoms with Crippen molar-refractivity contribution >= 4 is 5.82 Å². The number of nitrogens with one attached hydrogen (secondary N) is 1. The summed E-state index contributed by atoms with van der Waals surface area (Å²) < 4.78 is 12.9. The molecule has 2 heterocycles. The first-order chi connectivity index (χ1) is 10.7. The van der Waals surface area contributed by atoms with Crippen molar-refractivity contribution in [2.45, 2.75) is 13.5 Å². The fraction of sp³-hybridized carbons (Fsp3) is 0.118. The Morgan fingerprint density at radius 1 is 1.00 bits per heavy atom. The molecular formula is C17H15FN4. The first-order valence-electron chi connectivity index (χ1n) is 6.95. The van der Waals surface area contributed by atoms with Crippen molar-refractivity contribution in [3.63, 3.8) is 0 Å². The van der Waals surface area contributed by atoms with Gasteiger partial charge in [0.05, 0.1) is 5.69 Å². The third-order valence-electron chi connectivity index (χ3n) is 3.40. The lowest BCUT2D eigenvalue weighted by molar-refractivity contribution is 0.628. The Morgan fingerprint density at radius 3 is 2.50 bits per heavy atom. The van der Waals surface area contributed by atoms with Crippen LogP contribution in [0, 0.1) is 12.7 Å². The second-order valence-corrected chi connectivity index (χ2v) is 4.97. The summed E-state index contributed by atoms with van der Waals surface area (Å²) >= 11 is 0. The van der Waals surface area contributed by atoms with E-state index in [0.29, 0.717) is 18.1 Å². The van der Waals surface area contributed by atoms with E-state index in [9.17, 15) is 4.39 Å². The Kier molecular flexibility index (Phi) is 4.05. The Labute approximate surface area is 128 Å². The molecule has 0 bridgehead atoms. The lowest BCUT2D eigenvalue weighted by atomic mass is 10.1. The Morgan fingerprint density at radius 2 is 1.82 bits per heavy atom. The molecule has 0 fully saturated rings. The van der Waals surface area contributed by atoms with Crippen LogP contribution in [-0.2, 0) is 6.54 Å². The molecule has 5 heteroatoms. The molecule has 0 amide bonds. The van der Waals surface area contributed by atoms with Gasteiger partial charge in [0.25, 0.3) is 0 Å². The lowest BCUT2D eigenvalue weighted by Gasteiger charge is -2.08. The molecule has 22 heavy (non-hydrogen) atoms. The van der Waals surface area contributed by atoms with Gasteiger partial charge >= 0.3 is 0 Å². The van der Waals surface area contributed by atoms with Crippen LogP contribution in [-0.4, -0.2) is 15.2 Å². The second kappa shape index (κ2) is 6.30. The molecule has 1 N–H and O–H groups in total. The summed E-state index contributed by atoms with van der Waals surface area (Å²) in [5.74, 6) is 0.435. The fourth-order valence-electron chi connectivity index (χ4n) is 2.09. The van der Waals surface area contributed by atoms with Gasteiger partial charge < -0.3 is 5.32 Å². The van der Waals surface area contributed by atoms with Crippen LogP contribution in [0.2, 0.25) is 0 Å². The molecule has 0 saturated carbocycles. The molecule has 0 atom stereocenters. The Hall–Kier alpha value is -2.82. The highest BCUT2D eigenvalue weighted by molar-refractivity contribution is 5.59. The maximum Gasteiger partial charge on any atom is 0.148 e. The van der Waals surface area contributed by atoms with E-state index in [4.69, 9.17) is 0 Å². The van der Waals surface area contributed by atoms with Crippen LogP contribution in [0.4, 0.5) is 10.2 Å². The topological polar surface area (TPSA) is 50.7 Å². The predicted octanol–water partition coefficient (Wildman–Crippen LogP) is 3.60. The highest BCUT2D eigenvalue weighted by Crippen LogP contribution is 2.17. The Bertz CT molecular complexity index is 754. The number of hydrogen-bond donors (Lipinski definition) is 1. The SMILES string of the molecule is Cc1cnccc1CNc1ccc(-c2ccc(F)cc2)nn1. The Balaban J connectivity index is 1.69. The molecule has 0 saturated heterocycles. The van der Waals surface area contributed by atoms with Crippen molar-refractivity contribution in [1.29, 1.82) is 0 Å². The molecule has 3 aromatic rings. The van der Waals surface area contributed by atoms with Crippen LogP contribution >= 0.6 is 0 Å². The number of hydrogen-bond acceptors (Lipinski definition) is 4. The van der Waals surface area contributed by atoms with Gasteiger partial charge in [0.1, 0.15) is 11.6 Å². The molecule has 4 nitrogen and oxygen atoms in total. The summed E-state index contributed by atoms with van der Waals surface area (Å²) in [5, 5.41) is 11.5. The van der Waals surface area contributed by atoms with E-state index in [1.807, 2.05) is 31.3 Å². The first-order valence-corrected chi connectivity index (χ1v) is 6.95. The highest BCUT2D eigenvalue weighted by Gasteiger charge is 2.02. The van der Waals surface area contributed by atoms with Gasteiger partial charge in [-0.25, -0.2) is 4.39 Å². The van der Waals surface area contributed by atoms with Crippen molar-refractivity contribution in [3.8, 4) is 11.3 Å². The largest absolute Gasteiger partial charge is 0.364 e. The number of rotatable bonds is 4. The summed E-state index contributed by atoms with van der Waals surface area (Å²) in [7, 11) is 0. The van der Waals surface area contributed by atoms with Crippen LogP contribution in [0.1, 0.15) is 11.1 Å². The number of benzene rings is 1. The van der Waals surface area contributed by atoms with Gasteiger partial charge in [0, 0.05) is 24.5 Å². The molecule has 110 valence electrons. The molecule has 0 unspecified atom stereocenters. The van der Waals surface area contributed by atoms with Gasteiger partial charge in [-0.15, -0.1) is 10.2 Å². The number of aryl methyl sites for hydroxylation is 1. The normalized spacial score (nSPS) is 10.5. The van der Waals surface area contributed by atoms with E-state index in [1.54, 1.807) is 18.3 Å². The van der Waals surface area contributed by atoms with Crippen LogP contribution in [0.5, 0.6) is 0 Å². The molecule has 3 rings (SSSR count). The standard InChI is InChI=1S/C17H15FN4/c1-12-10-19-9-8-14(12)11-20-17-7-6-16(21-22-17)13-2-4-15(18)5-3-13/h2-10H,11H2,1H3,(H,20,22). The molecule has 2 aromatic heterocycles. The molecule has 1 aromatic carbocycles. The second-order valence-electron chi connectivity index (χ2n) is 4.97. The minimum Gasteiger partial charge on any atom is -0.364 e. The number of pyridine rings is 1. The van der Waals surface area contributed by atoms with Gasteiger partial charge in [0.15, 0.2) is 0 Å². The van der Waals surface area contributed by atoms with Crippen LogP contribution in [0.3, 0.4) is 0 Å². The predicted molar refractivity (Wildman–Crippen MR) is 83.7 cm³/mol. The van der Waals surface area contributed by atoms with E-state index < -0.39 is 0 Å². The fourth-order valence-corrected chi connectivity index (χ4v) is 2.09. The zero-order chi connectivity index (χ0) is 15.4. The van der Waals surface area contributed by atoms with E-state index >= 15 is 0 Å². The minimum atomic E-state index is -0.261. The van der Waals surface area contributed by atoms with E-state index in [0.717, 1.165) is 11.1 Å². The molecular weight excluding hydrogens is 279 g/mol. The number of nitrogens with zero attached hydrogens (tertiary/aromatic N) is 3. The molecule has 0 aliphatic carbocycles. The molecule has 0 radical (unpaired) electrons. The van der Waals surface area contributed by atoms with Crippen molar-refractivity contribution in [1.82, 2.24) is 15.2 Å². The lowest BCUT2D eigenvalue weighted by Crippen LogP contribution is -2.04. The third kappa shape index (κ3) is 3.25. The van der Waals surface area contributed by atoms with Gasteiger partial charge in [0.2, 0.25) is 0 Å². The van der Waals surface area contributed by atoms with E-state index in [1.165, 1.54) is 17.7 Å².